The second-order valence-electron chi connectivity index (χ2n) is 6.39. The molecule has 0 bridgehead atoms. The van der Waals surface area contributed by atoms with Crippen LogP contribution in [0.15, 0.2) is 66.7 Å². The van der Waals surface area contributed by atoms with Crippen LogP contribution in [-0.4, -0.2) is 22.8 Å². The Balaban J connectivity index is 1.45. The van der Waals surface area contributed by atoms with E-state index in [1.807, 2.05) is 0 Å². The second kappa shape index (κ2) is 7.96. The Kier molecular flexibility index (Phi) is 5.20. The summed E-state index contributed by atoms with van der Waals surface area (Å²) in [6.45, 7) is 0.0797. The molecule has 0 unspecified atom stereocenters. The number of imide groups is 1. The largest absolute Gasteiger partial charge is 0.487 e. The lowest BCUT2D eigenvalue weighted by Crippen LogP contribution is -2.32. The van der Waals surface area contributed by atoms with Gasteiger partial charge in [-0.05, 0) is 48.0 Å². The molecule has 2 amide bonds. The maximum atomic E-state index is 13.2. The van der Waals surface area contributed by atoms with Crippen LogP contribution >= 0.6 is 11.6 Å². The smallest absolute Gasteiger partial charge is 0.364 e. The van der Waals surface area contributed by atoms with Gasteiger partial charge in [0.2, 0.25) is 0 Å². The molecule has 1 aliphatic rings. The molecule has 1 aliphatic heterocycles. The number of halogens is 2. The normalized spacial score (nSPS) is 12.7. The predicted octanol–water partition coefficient (Wildman–Crippen LogP) is 4.43. The minimum absolute atomic E-state index is 0.0228. The quantitative estimate of drug-likeness (QED) is 0.565. The van der Waals surface area contributed by atoms with Crippen molar-refractivity contribution in [3.63, 3.8) is 0 Å². The highest BCUT2D eigenvalue weighted by Gasteiger charge is 2.38. The van der Waals surface area contributed by atoms with Gasteiger partial charge < -0.3 is 9.57 Å². The predicted molar refractivity (Wildman–Crippen MR) is 105 cm³/mol. The van der Waals surface area contributed by atoms with Crippen LogP contribution in [0.4, 0.5) is 4.39 Å². The molecule has 0 saturated carbocycles. The molecule has 3 aromatic rings. The lowest BCUT2D eigenvalue weighted by Gasteiger charge is -2.13. The van der Waals surface area contributed by atoms with E-state index in [0.717, 1.165) is 0 Å². The minimum atomic E-state index is -0.928. The van der Waals surface area contributed by atoms with Gasteiger partial charge in [-0.3, -0.25) is 9.59 Å². The third-order valence-electron chi connectivity index (χ3n) is 4.38. The SMILES string of the molecule is O=C(ON1C(=O)c2ccccc2C1=O)c1ccc(OCc2cccc(F)c2)c(Cl)c1. The van der Waals surface area contributed by atoms with Crippen molar-refractivity contribution in [2.24, 2.45) is 0 Å². The number of fused-ring (bicyclic) bond motifs is 1. The molecular formula is C22H13ClFNO5. The highest BCUT2D eigenvalue weighted by atomic mass is 35.5. The molecule has 0 aromatic heterocycles. The lowest BCUT2D eigenvalue weighted by molar-refractivity contribution is -0.0584. The van der Waals surface area contributed by atoms with Crippen molar-refractivity contribution in [3.05, 3.63) is 99.8 Å². The number of carbonyl (C=O) groups is 3. The van der Waals surface area contributed by atoms with Gasteiger partial charge in [-0.1, -0.05) is 40.9 Å². The summed E-state index contributed by atoms with van der Waals surface area (Å²) >= 11 is 6.16. The van der Waals surface area contributed by atoms with E-state index in [4.69, 9.17) is 21.2 Å². The Labute approximate surface area is 175 Å². The van der Waals surface area contributed by atoms with E-state index in [9.17, 15) is 18.8 Å². The fraction of sp³-hybridized carbons (Fsp3) is 0.0455. The summed E-state index contributed by atoms with van der Waals surface area (Å²) in [5, 5.41) is 0.540. The summed E-state index contributed by atoms with van der Waals surface area (Å²) < 4.78 is 18.8. The van der Waals surface area contributed by atoms with Gasteiger partial charge in [-0.2, -0.15) is 0 Å². The topological polar surface area (TPSA) is 72.9 Å². The van der Waals surface area contributed by atoms with E-state index < -0.39 is 17.8 Å². The third-order valence-corrected chi connectivity index (χ3v) is 4.68. The average Bonchev–Trinajstić information content (AvgIpc) is 2.98. The molecular weight excluding hydrogens is 413 g/mol. The van der Waals surface area contributed by atoms with Crippen LogP contribution in [0.1, 0.15) is 36.6 Å². The van der Waals surface area contributed by atoms with Gasteiger partial charge in [0, 0.05) is 0 Å². The molecule has 150 valence electrons. The molecule has 0 saturated heterocycles. The van der Waals surface area contributed by atoms with Gasteiger partial charge in [-0.25, -0.2) is 9.18 Å². The standard InChI is InChI=1S/C22H13ClFNO5/c23-18-11-14(8-9-19(18)29-12-13-4-3-5-15(24)10-13)22(28)30-25-20(26)16-6-1-2-7-17(16)21(25)27/h1-11H,12H2. The monoisotopic (exact) mass is 425 g/mol. The van der Waals surface area contributed by atoms with Crippen LogP contribution in [-0.2, 0) is 11.4 Å². The fourth-order valence-corrected chi connectivity index (χ4v) is 3.15. The summed E-state index contributed by atoms with van der Waals surface area (Å²) in [6, 6.07) is 16.2. The van der Waals surface area contributed by atoms with Crippen LogP contribution in [0.5, 0.6) is 5.75 Å². The molecule has 4 rings (SSSR count). The Bertz CT molecular complexity index is 1140. The maximum Gasteiger partial charge on any atom is 0.364 e. The number of rotatable bonds is 5. The highest BCUT2D eigenvalue weighted by molar-refractivity contribution is 6.32. The lowest BCUT2D eigenvalue weighted by atomic mass is 10.1. The summed E-state index contributed by atoms with van der Waals surface area (Å²) in [7, 11) is 0. The number of benzene rings is 3. The van der Waals surface area contributed by atoms with Crippen molar-refractivity contribution in [2.45, 2.75) is 6.61 Å². The number of hydrogen-bond acceptors (Lipinski definition) is 5. The molecule has 3 aromatic carbocycles. The molecule has 8 heteroatoms. The van der Waals surface area contributed by atoms with Crippen LogP contribution in [0.3, 0.4) is 0 Å². The maximum absolute atomic E-state index is 13.2. The highest BCUT2D eigenvalue weighted by Crippen LogP contribution is 2.28. The van der Waals surface area contributed by atoms with E-state index in [1.165, 1.54) is 42.5 Å². The minimum Gasteiger partial charge on any atom is -0.487 e. The molecule has 0 fully saturated rings. The van der Waals surface area contributed by atoms with Gasteiger partial charge in [0.05, 0.1) is 21.7 Å². The van der Waals surface area contributed by atoms with Crippen molar-refractivity contribution in [3.8, 4) is 5.75 Å². The van der Waals surface area contributed by atoms with Gasteiger partial charge in [0.1, 0.15) is 18.2 Å². The van der Waals surface area contributed by atoms with Crippen molar-refractivity contribution >= 4 is 29.4 Å². The van der Waals surface area contributed by atoms with Crippen molar-refractivity contribution in [1.29, 1.82) is 0 Å². The van der Waals surface area contributed by atoms with E-state index in [1.54, 1.807) is 24.3 Å². The number of amides is 2. The van der Waals surface area contributed by atoms with Gasteiger partial charge in [-0.15, -0.1) is 0 Å². The Morgan fingerprint density at radius 3 is 2.27 bits per heavy atom. The van der Waals surface area contributed by atoms with Crippen molar-refractivity contribution in [1.82, 2.24) is 5.06 Å². The summed E-state index contributed by atoms with van der Waals surface area (Å²) in [5.74, 6) is -2.47. The molecule has 1 heterocycles. The Morgan fingerprint density at radius 1 is 0.933 bits per heavy atom. The third kappa shape index (κ3) is 3.75. The van der Waals surface area contributed by atoms with Gasteiger partial charge >= 0.3 is 5.97 Å². The molecule has 0 atom stereocenters. The van der Waals surface area contributed by atoms with E-state index in [0.29, 0.717) is 10.6 Å². The van der Waals surface area contributed by atoms with Crippen LogP contribution in [0.2, 0.25) is 5.02 Å². The summed E-state index contributed by atoms with van der Waals surface area (Å²) in [5.41, 5.74) is 0.957. The number of hydroxylamine groups is 2. The van der Waals surface area contributed by atoms with Crippen LogP contribution in [0.25, 0.3) is 0 Å². The molecule has 6 nitrogen and oxygen atoms in total. The zero-order valence-corrected chi connectivity index (χ0v) is 16.1. The van der Waals surface area contributed by atoms with E-state index >= 15 is 0 Å². The molecule has 0 N–H and O–H groups in total. The zero-order valence-electron chi connectivity index (χ0n) is 15.3. The van der Waals surface area contributed by atoms with Crippen molar-refractivity contribution < 1.29 is 28.3 Å². The second-order valence-corrected chi connectivity index (χ2v) is 6.80. The number of carbonyl (C=O) groups excluding carboxylic acids is 3. The number of ether oxygens (including phenoxy) is 1. The zero-order chi connectivity index (χ0) is 21.3. The number of nitrogens with zero attached hydrogens (tertiary/aromatic N) is 1. The molecule has 0 spiro atoms. The first kappa shape index (κ1) is 19.6. The van der Waals surface area contributed by atoms with E-state index in [-0.39, 0.29) is 39.9 Å². The molecule has 0 radical (unpaired) electrons. The summed E-state index contributed by atoms with van der Waals surface area (Å²) in [4.78, 5) is 42.0. The molecule has 0 aliphatic carbocycles. The number of hydrogen-bond donors (Lipinski definition) is 0. The fourth-order valence-electron chi connectivity index (χ4n) is 2.92. The summed E-state index contributed by atoms with van der Waals surface area (Å²) in [6.07, 6.45) is 0. The van der Waals surface area contributed by atoms with E-state index in [2.05, 4.69) is 0 Å². The van der Waals surface area contributed by atoms with Gasteiger partial charge in [0.25, 0.3) is 11.8 Å². The van der Waals surface area contributed by atoms with Crippen LogP contribution in [0, 0.1) is 5.82 Å². The first-order chi connectivity index (χ1) is 14.4. The Morgan fingerprint density at radius 2 is 1.63 bits per heavy atom. The van der Waals surface area contributed by atoms with Crippen LogP contribution < -0.4 is 4.74 Å². The average molecular weight is 426 g/mol. The molecule has 30 heavy (non-hydrogen) atoms. The Hall–Kier alpha value is -3.71. The van der Waals surface area contributed by atoms with Crippen molar-refractivity contribution in [2.75, 3.05) is 0 Å². The first-order valence-electron chi connectivity index (χ1n) is 8.81. The first-order valence-corrected chi connectivity index (χ1v) is 9.19. The van der Waals surface area contributed by atoms with Gasteiger partial charge in [0.15, 0.2) is 0 Å².